The molecule has 0 fully saturated rings. The molecule has 1 aromatic rings. The van der Waals surface area contributed by atoms with Crippen LogP contribution in [-0.2, 0) is 0 Å². The lowest BCUT2D eigenvalue weighted by Crippen LogP contribution is -2.31. The zero-order valence-electron chi connectivity index (χ0n) is 11.8. The number of nitrogens with one attached hydrogen (secondary N) is 2. The molecule has 108 valence electrons. The van der Waals surface area contributed by atoms with Gasteiger partial charge in [-0.25, -0.2) is 9.97 Å². The van der Waals surface area contributed by atoms with Gasteiger partial charge in [-0.2, -0.15) is 11.8 Å². The van der Waals surface area contributed by atoms with E-state index >= 15 is 0 Å². The summed E-state index contributed by atoms with van der Waals surface area (Å²) in [6.07, 6.45) is 3.46. The van der Waals surface area contributed by atoms with E-state index in [0.29, 0.717) is 17.4 Å². The van der Waals surface area contributed by atoms with Gasteiger partial charge in [0, 0.05) is 17.8 Å². The summed E-state index contributed by atoms with van der Waals surface area (Å²) in [6, 6.07) is 0.0678. The van der Waals surface area contributed by atoms with Crippen LogP contribution < -0.4 is 15.4 Å². The maximum absolute atomic E-state index is 9.30. The molecular formula is C12H22N4O2S. The second-order valence-electron chi connectivity index (χ2n) is 4.02. The molecule has 0 saturated heterocycles. The molecule has 6 nitrogen and oxygen atoms in total. The summed E-state index contributed by atoms with van der Waals surface area (Å²) in [5.74, 6) is 1.89. The zero-order chi connectivity index (χ0) is 14.3. The molecule has 19 heavy (non-hydrogen) atoms. The first-order chi connectivity index (χ1) is 9.17. The number of aromatic nitrogens is 2. The van der Waals surface area contributed by atoms with Gasteiger partial charge in [0.1, 0.15) is 6.33 Å². The van der Waals surface area contributed by atoms with Crippen LogP contribution in [0.4, 0.5) is 11.6 Å². The second-order valence-corrected chi connectivity index (χ2v) is 5.10. The van der Waals surface area contributed by atoms with Crippen molar-refractivity contribution in [2.24, 2.45) is 0 Å². The Morgan fingerprint density at radius 3 is 2.63 bits per heavy atom. The molecular weight excluding hydrogens is 264 g/mol. The van der Waals surface area contributed by atoms with Crippen LogP contribution in [0, 0.1) is 0 Å². The summed E-state index contributed by atoms with van der Waals surface area (Å²) in [6.45, 7) is 4.87. The van der Waals surface area contributed by atoms with E-state index in [-0.39, 0.29) is 17.9 Å². The van der Waals surface area contributed by atoms with Gasteiger partial charge in [-0.3, -0.25) is 0 Å². The molecule has 2 unspecified atom stereocenters. The number of thioether (sulfide) groups is 1. The molecule has 0 radical (unpaired) electrons. The molecule has 0 saturated carbocycles. The third-order valence-corrected chi connectivity index (χ3v) is 3.92. The van der Waals surface area contributed by atoms with Crippen molar-refractivity contribution in [3.8, 4) is 5.75 Å². The predicted molar refractivity (Wildman–Crippen MR) is 80.2 cm³/mol. The van der Waals surface area contributed by atoms with Gasteiger partial charge in [0.25, 0.3) is 0 Å². The number of hydrogen-bond donors (Lipinski definition) is 3. The highest BCUT2D eigenvalue weighted by atomic mass is 32.2. The van der Waals surface area contributed by atoms with Gasteiger partial charge < -0.3 is 20.5 Å². The quantitative estimate of drug-likeness (QED) is 0.667. The van der Waals surface area contributed by atoms with Gasteiger partial charge in [0.2, 0.25) is 5.75 Å². The molecule has 0 spiro atoms. The number of aliphatic hydroxyl groups excluding tert-OH is 1. The molecule has 0 amide bonds. The number of methoxy groups -OCH3 is 1. The lowest BCUT2D eigenvalue weighted by Gasteiger charge is -2.23. The topological polar surface area (TPSA) is 79.3 Å². The molecule has 0 aliphatic heterocycles. The molecule has 1 heterocycles. The van der Waals surface area contributed by atoms with Gasteiger partial charge in [-0.1, -0.05) is 0 Å². The Hall–Kier alpha value is -1.21. The third kappa shape index (κ3) is 4.14. The fraction of sp³-hybridized carbons (Fsp3) is 0.667. The SMILES string of the molecule is CCNc1ncnc(NC(C)C(CO)SC)c1OC. The van der Waals surface area contributed by atoms with Crippen LogP contribution in [0.1, 0.15) is 13.8 Å². The zero-order valence-corrected chi connectivity index (χ0v) is 12.6. The molecule has 0 aromatic carbocycles. The fourth-order valence-electron chi connectivity index (χ4n) is 1.71. The minimum atomic E-state index is 0.0678. The van der Waals surface area contributed by atoms with E-state index in [0.717, 1.165) is 6.54 Å². The van der Waals surface area contributed by atoms with Crippen molar-refractivity contribution in [1.82, 2.24) is 9.97 Å². The van der Waals surface area contributed by atoms with Crippen LogP contribution in [0.25, 0.3) is 0 Å². The first-order valence-corrected chi connectivity index (χ1v) is 7.49. The van der Waals surface area contributed by atoms with E-state index in [1.54, 1.807) is 18.9 Å². The summed E-state index contributed by atoms with van der Waals surface area (Å²) in [4.78, 5) is 8.36. The number of hydrogen-bond acceptors (Lipinski definition) is 7. The number of aliphatic hydroxyl groups is 1. The summed E-state index contributed by atoms with van der Waals surface area (Å²) < 4.78 is 5.36. The Labute approximate surface area is 118 Å². The van der Waals surface area contributed by atoms with Crippen molar-refractivity contribution >= 4 is 23.4 Å². The maximum Gasteiger partial charge on any atom is 0.204 e. The summed E-state index contributed by atoms with van der Waals surface area (Å²) in [7, 11) is 1.59. The third-order valence-electron chi connectivity index (χ3n) is 2.76. The van der Waals surface area contributed by atoms with Gasteiger partial charge in [0.15, 0.2) is 11.6 Å². The monoisotopic (exact) mass is 286 g/mol. The Balaban J connectivity index is 2.90. The average molecular weight is 286 g/mol. The van der Waals surface area contributed by atoms with Crippen LogP contribution in [-0.4, -0.2) is 52.9 Å². The van der Waals surface area contributed by atoms with Crippen molar-refractivity contribution in [1.29, 1.82) is 0 Å². The van der Waals surface area contributed by atoms with Gasteiger partial charge in [-0.05, 0) is 20.1 Å². The van der Waals surface area contributed by atoms with Crippen LogP contribution in [0.5, 0.6) is 5.75 Å². The Morgan fingerprint density at radius 1 is 1.42 bits per heavy atom. The van der Waals surface area contributed by atoms with Crippen LogP contribution in [0.2, 0.25) is 0 Å². The fourth-order valence-corrected chi connectivity index (χ4v) is 2.33. The molecule has 0 aliphatic rings. The standard InChI is InChI=1S/C12H22N4O2S/c1-5-13-11-10(18-3)12(15-7-14-11)16-8(2)9(6-17)19-4/h7-9,17H,5-6H2,1-4H3,(H2,13,14,15,16). The van der Waals surface area contributed by atoms with E-state index in [4.69, 9.17) is 4.74 Å². The summed E-state index contributed by atoms with van der Waals surface area (Å²) >= 11 is 1.61. The Bertz CT molecular complexity index is 388. The minimum absolute atomic E-state index is 0.0678. The highest BCUT2D eigenvalue weighted by molar-refractivity contribution is 7.99. The molecule has 7 heteroatoms. The first kappa shape index (κ1) is 15.8. The summed E-state index contributed by atoms with van der Waals surface area (Å²) in [5.41, 5.74) is 0. The van der Waals surface area contributed by atoms with E-state index in [9.17, 15) is 5.11 Å². The van der Waals surface area contributed by atoms with E-state index < -0.39 is 0 Å². The largest absolute Gasteiger partial charge is 0.490 e. The van der Waals surface area contributed by atoms with Crippen molar-refractivity contribution in [3.63, 3.8) is 0 Å². The number of rotatable bonds is 8. The molecule has 1 aromatic heterocycles. The first-order valence-electron chi connectivity index (χ1n) is 6.20. The lowest BCUT2D eigenvalue weighted by molar-refractivity contribution is 0.288. The normalized spacial score (nSPS) is 13.7. The Morgan fingerprint density at radius 2 is 2.11 bits per heavy atom. The van der Waals surface area contributed by atoms with E-state index in [1.165, 1.54) is 6.33 Å². The Kier molecular flexibility index (Phi) is 6.72. The lowest BCUT2D eigenvalue weighted by atomic mass is 10.2. The van der Waals surface area contributed by atoms with Crippen molar-refractivity contribution in [2.45, 2.75) is 25.1 Å². The average Bonchev–Trinajstić information content (AvgIpc) is 2.41. The number of ether oxygens (including phenoxy) is 1. The molecule has 1 rings (SSSR count). The van der Waals surface area contributed by atoms with Crippen LogP contribution in [0.3, 0.4) is 0 Å². The molecule has 0 bridgehead atoms. The van der Waals surface area contributed by atoms with E-state index in [2.05, 4.69) is 20.6 Å². The smallest absolute Gasteiger partial charge is 0.204 e. The van der Waals surface area contributed by atoms with Crippen LogP contribution in [0.15, 0.2) is 6.33 Å². The van der Waals surface area contributed by atoms with Gasteiger partial charge in [0.05, 0.1) is 13.7 Å². The maximum atomic E-state index is 9.30. The van der Waals surface area contributed by atoms with Crippen molar-refractivity contribution < 1.29 is 9.84 Å². The van der Waals surface area contributed by atoms with Gasteiger partial charge >= 0.3 is 0 Å². The molecule has 2 atom stereocenters. The highest BCUT2D eigenvalue weighted by Crippen LogP contribution is 2.30. The second kappa shape index (κ2) is 8.06. The van der Waals surface area contributed by atoms with Crippen LogP contribution >= 0.6 is 11.8 Å². The molecule has 0 aliphatic carbocycles. The minimum Gasteiger partial charge on any atom is -0.490 e. The number of anilines is 2. The highest BCUT2D eigenvalue weighted by Gasteiger charge is 2.19. The summed E-state index contributed by atoms with van der Waals surface area (Å²) in [5, 5.41) is 15.8. The van der Waals surface area contributed by atoms with E-state index in [1.807, 2.05) is 20.1 Å². The van der Waals surface area contributed by atoms with Crippen molar-refractivity contribution in [2.75, 3.05) is 37.2 Å². The van der Waals surface area contributed by atoms with Gasteiger partial charge in [-0.15, -0.1) is 0 Å². The van der Waals surface area contributed by atoms with Crippen molar-refractivity contribution in [3.05, 3.63) is 6.33 Å². The molecule has 3 N–H and O–H groups in total. The number of nitrogens with zero attached hydrogens (tertiary/aromatic N) is 2. The predicted octanol–water partition coefficient (Wildman–Crippen LogP) is 1.44.